The van der Waals surface area contributed by atoms with Gasteiger partial charge in [-0.05, 0) is 29.7 Å². The number of halogens is 2. The largest absolute Gasteiger partial charge is 0.306 e. The first kappa shape index (κ1) is 17.0. The van der Waals surface area contributed by atoms with Gasteiger partial charge >= 0.3 is 0 Å². The number of rotatable bonds is 6. The molecule has 0 amide bonds. The summed E-state index contributed by atoms with van der Waals surface area (Å²) in [6.45, 7) is 3.07. The lowest BCUT2D eigenvalue weighted by Gasteiger charge is -2.18. The van der Waals surface area contributed by atoms with E-state index >= 15 is 0 Å². The number of hydrogen-bond acceptors (Lipinski definition) is 1. The third kappa shape index (κ3) is 5.16. The van der Waals surface area contributed by atoms with Crippen molar-refractivity contribution in [3.05, 3.63) is 70.7 Å². The van der Waals surface area contributed by atoms with Gasteiger partial charge in [-0.15, -0.1) is 12.4 Å². The molecule has 1 nitrogen and oxygen atoms in total. The maximum atomic E-state index is 6.01. The maximum absolute atomic E-state index is 6.01. The second kappa shape index (κ2) is 9.02. The minimum absolute atomic E-state index is 0. The quantitative estimate of drug-likeness (QED) is 0.754. The molecule has 0 aliphatic carbocycles. The van der Waals surface area contributed by atoms with Gasteiger partial charge in [-0.3, -0.25) is 0 Å². The van der Waals surface area contributed by atoms with Gasteiger partial charge in [0.25, 0.3) is 0 Å². The van der Waals surface area contributed by atoms with Crippen molar-refractivity contribution >= 4 is 24.0 Å². The molecule has 3 heteroatoms. The normalized spacial score (nSPS) is 11.7. The predicted molar refractivity (Wildman–Crippen MR) is 89.6 cm³/mol. The van der Waals surface area contributed by atoms with Crippen LogP contribution >= 0.6 is 24.0 Å². The fourth-order valence-electron chi connectivity index (χ4n) is 2.25. The number of hydrogen-bond donors (Lipinski definition) is 1. The molecule has 2 aromatic carbocycles. The van der Waals surface area contributed by atoms with Crippen LogP contribution in [0.1, 0.15) is 36.9 Å². The van der Waals surface area contributed by atoms with Crippen molar-refractivity contribution in [3.63, 3.8) is 0 Å². The molecule has 2 aromatic rings. The smallest absolute Gasteiger partial charge is 0.0409 e. The minimum atomic E-state index is 0. The van der Waals surface area contributed by atoms with Crippen LogP contribution in [0.3, 0.4) is 0 Å². The molecule has 20 heavy (non-hydrogen) atoms. The van der Waals surface area contributed by atoms with E-state index < -0.39 is 0 Å². The van der Waals surface area contributed by atoms with Crippen molar-refractivity contribution in [1.82, 2.24) is 5.32 Å². The molecule has 2 rings (SSSR count). The van der Waals surface area contributed by atoms with E-state index in [-0.39, 0.29) is 12.4 Å². The van der Waals surface area contributed by atoms with Crippen LogP contribution in [0.15, 0.2) is 54.6 Å². The van der Waals surface area contributed by atoms with Crippen molar-refractivity contribution < 1.29 is 0 Å². The second-order valence-electron chi connectivity index (χ2n) is 4.76. The molecule has 108 valence electrons. The molecule has 0 aliphatic heterocycles. The van der Waals surface area contributed by atoms with Crippen LogP contribution in [-0.2, 0) is 6.54 Å². The topological polar surface area (TPSA) is 12.0 Å². The summed E-state index contributed by atoms with van der Waals surface area (Å²) < 4.78 is 0. The van der Waals surface area contributed by atoms with Gasteiger partial charge in [0, 0.05) is 17.6 Å². The Morgan fingerprint density at radius 2 is 1.80 bits per heavy atom. The number of nitrogens with one attached hydrogen (secondary N) is 1. The summed E-state index contributed by atoms with van der Waals surface area (Å²) >= 11 is 6.01. The van der Waals surface area contributed by atoms with Crippen molar-refractivity contribution in [3.8, 4) is 0 Å². The zero-order valence-electron chi connectivity index (χ0n) is 11.7. The molecule has 0 fully saturated rings. The minimum Gasteiger partial charge on any atom is -0.306 e. The van der Waals surface area contributed by atoms with Crippen molar-refractivity contribution in [2.45, 2.75) is 32.4 Å². The standard InChI is InChI=1S/C17H20ClN.ClH/c1-2-7-17(15-9-4-3-5-10-15)19-13-14-8-6-11-16(18)12-14;/h3-6,8-12,17,19H,2,7,13H2,1H3;1H. The molecular weight excluding hydrogens is 289 g/mol. The van der Waals surface area contributed by atoms with Gasteiger partial charge in [-0.25, -0.2) is 0 Å². The lowest BCUT2D eigenvalue weighted by atomic mass is 10.0. The Kier molecular flexibility index (Phi) is 7.68. The van der Waals surface area contributed by atoms with Crippen LogP contribution in [0.25, 0.3) is 0 Å². The molecule has 0 saturated heterocycles. The van der Waals surface area contributed by atoms with Crippen molar-refractivity contribution in [1.29, 1.82) is 0 Å². The Hall–Kier alpha value is -1.02. The Morgan fingerprint density at radius 1 is 1.05 bits per heavy atom. The molecule has 0 saturated carbocycles. The highest BCUT2D eigenvalue weighted by atomic mass is 35.5. The van der Waals surface area contributed by atoms with Crippen LogP contribution in [0, 0.1) is 0 Å². The summed E-state index contributed by atoms with van der Waals surface area (Å²) in [5.41, 5.74) is 2.58. The first-order valence-electron chi connectivity index (χ1n) is 6.82. The van der Waals surface area contributed by atoms with Crippen LogP contribution in [0.5, 0.6) is 0 Å². The van der Waals surface area contributed by atoms with E-state index in [1.807, 2.05) is 18.2 Å². The third-order valence-corrected chi connectivity index (χ3v) is 3.46. The lowest BCUT2D eigenvalue weighted by Crippen LogP contribution is -2.20. The first-order valence-corrected chi connectivity index (χ1v) is 7.20. The molecule has 0 aliphatic rings. The summed E-state index contributed by atoms with van der Waals surface area (Å²) in [5, 5.41) is 4.42. The van der Waals surface area contributed by atoms with Crippen molar-refractivity contribution in [2.24, 2.45) is 0 Å². The van der Waals surface area contributed by atoms with E-state index in [2.05, 4.69) is 48.6 Å². The third-order valence-electron chi connectivity index (χ3n) is 3.22. The van der Waals surface area contributed by atoms with Gasteiger partial charge in [-0.1, -0.05) is 67.4 Å². The zero-order valence-corrected chi connectivity index (χ0v) is 13.3. The van der Waals surface area contributed by atoms with Crippen LogP contribution in [0.4, 0.5) is 0 Å². The van der Waals surface area contributed by atoms with Crippen molar-refractivity contribution in [2.75, 3.05) is 0 Å². The van der Waals surface area contributed by atoms with Gasteiger partial charge in [0.05, 0.1) is 0 Å². The molecule has 0 radical (unpaired) electrons. The SMILES string of the molecule is CCCC(NCc1cccc(Cl)c1)c1ccccc1.Cl. The van der Waals surface area contributed by atoms with Gasteiger partial charge in [0.15, 0.2) is 0 Å². The van der Waals surface area contributed by atoms with E-state index in [9.17, 15) is 0 Å². The highest BCUT2D eigenvalue weighted by Crippen LogP contribution is 2.19. The highest BCUT2D eigenvalue weighted by molar-refractivity contribution is 6.30. The molecule has 0 aromatic heterocycles. The fourth-order valence-corrected chi connectivity index (χ4v) is 2.46. The fraction of sp³-hybridized carbons (Fsp3) is 0.294. The number of benzene rings is 2. The molecule has 1 N–H and O–H groups in total. The summed E-state index contributed by atoms with van der Waals surface area (Å²) in [4.78, 5) is 0. The second-order valence-corrected chi connectivity index (χ2v) is 5.20. The van der Waals surface area contributed by atoms with Gasteiger partial charge < -0.3 is 5.32 Å². The van der Waals surface area contributed by atoms with Gasteiger partial charge in [0.1, 0.15) is 0 Å². The average molecular weight is 310 g/mol. The van der Waals surface area contributed by atoms with E-state index in [1.165, 1.54) is 17.5 Å². The summed E-state index contributed by atoms with van der Waals surface area (Å²) in [6.07, 6.45) is 2.31. The molecule has 0 heterocycles. The van der Waals surface area contributed by atoms with Crippen LogP contribution in [-0.4, -0.2) is 0 Å². The van der Waals surface area contributed by atoms with Crippen LogP contribution in [0.2, 0.25) is 5.02 Å². The zero-order chi connectivity index (χ0) is 13.5. The summed E-state index contributed by atoms with van der Waals surface area (Å²) in [5.74, 6) is 0. The van der Waals surface area contributed by atoms with E-state index in [0.717, 1.165) is 18.0 Å². The molecule has 0 bridgehead atoms. The van der Waals surface area contributed by atoms with E-state index in [0.29, 0.717) is 6.04 Å². The van der Waals surface area contributed by atoms with Gasteiger partial charge in [-0.2, -0.15) is 0 Å². The Labute approximate surface area is 132 Å². The predicted octanol–water partition coefficient (Wildman–Crippen LogP) is 5.39. The molecule has 0 spiro atoms. The summed E-state index contributed by atoms with van der Waals surface area (Å²) in [7, 11) is 0. The Bertz CT molecular complexity index is 499. The van der Waals surface area contributed by atoms with Gasteiger partial charge in [0.2, 0.25) is 0 Å². The Balaban J connectivity index is 0.00000200. The molecule has 1 atom stereocenters. The first-order chi connectivity index (χ1) is 9.29. The maximum Gasteiger partial charge on any atom is 0.0409 e. The highest BCUT2D eigenvalue weighted by Gasteiger charge is 2.09. The lowest BCUT2D eigenvalue weighted by molar-refractivity contribution is 0.493. The summed E-state index contributed by atoms with van der Waals surface area (Å²) in [6, 6.07) is 19.1. The van der Waals surface area contributed by atoms with E-state index in [4.69, 9.17) is 11.6 Å². The monoisotopic (exact) mass is 309 g/mol. The molecule has 1 unspecified atom stereocenters. The van der Waals surface area contributed by atoms with E-state index in [1.54, 1.807) is 0 Å². The Morgan fingerprint density at radius 3 is 2.45 bits per heavy atom. The average Bonchev–Trinajstić information content (AvgIpc) is 2.44. The van der Waals surface area contributed by atoms with Crippen LogP contribution < -0.4 is 5.32 Å². The molecular formula is C17H21Cl2N.